The summed E-state index contributed by atoms with van der Waals surface area (Å²) >= 11 is 0. The third-order valence-electron chi connectivity index (χ3n) is 5.33. The van der Waals surface area contributed by atoms with Gasteiger partial charge in [0.1, 0.15) is 5.75 Å². The predicted octanol–water partition coefficient (Wildman–Crippen LogP) is 6.14. The third kappa shape index (κ3) is 4.79. The van der Waals surface area contributed by atoms with Crippen LogP contribution in [0.4, 0.5) is 0 Å². The third-order valence-corrected chi connectivity index (χ3v) is 9.86. The fourth-order valence-corrected chi connectivity index (χ4v) is 8.28. The Morgan fingerprint density at radius 3 is 1.78 bits per heavy atom. The Balaban J connectivity index is 2.08. The van der Waals surface area contributed by atoms with E-state index in [-0.39, 0.29) is 0 Å². The molecule has 0 amide bonds. The summed E-state index contributed by atoms with van der Waals surface area (Å²) in [7, 11) is -1.65. The highest BCUT2D eigenvalue weighted by molar-refractivity contribution is 7.88. The monoisotopic (exact) mass is 377 g/mol. The van der Waals surface area contributed by atoms with E-state index in [0.717, 1.165) is 11.7 Å². The Morgan fingerprint density at radius 2 is 1.22 bits per heavy atom. The van der Waals surface area contributed by atoms with Crippen LogP contribution >= 0.6 is 7.26 Å². The zero-order valence-electron chi connectivity index (χ0n) is 16.2. The SMILES string of the molecule is CCCCCC[P+](Cc1ccccc1O)(c1ccccc1)c1ccccc1. The van der Waals surface area contributed by atoms with E-state index in [2.05, 4.69) is 73.7 Å². The maximum Gasteiger partial charge on any atom is 0.122 e. The molecule has 3 aromatic rings. The predicted molar refractivity (Wildman–Crippen MR) is 120 cm³/mol. The van der Waals surface area contributed by atoms with Gasteiger partial charge in [-0.2, -0.15) is 0 Å². The highest BCUT2D eigenvalue weighted by atomic mass is 31.2. The minimum Gasteiger partial charge on any atom is -0.508 e. The minimum atomic E-state index is -1.65. The quantitative estimate of drug-likeness (QED) is 0.351. The van der Waals surface area contributed by atoms with Gasteiger partial charge in [-0.05, 0) is 43.2 Å². The molecule has 1 nitrogen and oxygen atoms in total. The first-order valence-electron chi connectivity index (χ1n) is 10.0. The molecule has 0 aromatic heterocycles. The summed E-state index contributed by atoms with van der Waals surface area (Å²) in [6.07, 6.45) is 7.16. The molecule has 0 aliphatic heterocycles. The molecular formula is C25H30OP+. The summed E-state index contributed by atoms with van der Waals surface area (Å²) in [6, 6.07) is 29.8. The molecule has 0 aliphatic carbocycles. The van der Waals surface area contributed by atoms with Crippen LogP contribution in [0.1, 0.15) is 38.2 Å². The lowest BCUT2D eigenvalue weighted by atomic mass is 10.2. The molecule has 27 heavy (non-hydrogen) atoms. The lowest BCUT2D eigenvalue weighted by molar-refractivity contribution is 0.470. The molecule has 0 radical (unpaired) electrons. The molecule has 2 heteroatoms. The topological polar surface area (TPSA) is 20.2 Å². The van der Waals surface area contributed by atoms with Crippen LogP contribution in [-0.4, -0.2) is 11.3 Å². The van der Waals surface area contributed by atoms with Gasteiger partial charge < -0.3 is 5.11 Å². The van der Waals surface area contributed by atoms with E-state index in [9.17, 15) is 5.11 Å². The van der Waals surface area contributed by atoms with E-state index in [4.69, 9.17) is 0 Å². The molecule has 0 saturated heterocycles. The molecule has 0 spiro atoms. The summed E-state index contributed by atoms with van der Waals surface area (Å²) < 4.78 is 0. The zero-order chi connectivity index (χ0) is 19.0. The van der Waals surface area contributed by atoms with Gasteiger partial charge in [0.15, 0.2) is 0 Å². The number of hydrogen-bond acceptors (Lipinski definition) is 1. The van der Waals surface area contributed by atoms with Gasteiger partial charge in [0.25, 0.3) is 0 Å². The molecule has 0 atom stereocenters. The van der Waals surface area contributed by atoms with Crippen LogP contribution in [-0.2, 0) is 6.16 Å². The average Bonchev–Trinajstić information content (AvgIpc) is 2.73. The van der Waals surface area contributed by atoms with E-state index in [1.165, 1.54) is 42.5 Å². The van der Waals surface area contributed by atoms with Crippen LogP contribution in [0.5, 0.6) is 5.75 Å². The number of benzene rings is 3. The summed E-state index contributed by atoms with van der Waals surface area (Å²) in [5.74, 6) is 0.419. The first-order chi connectivity index (χ1) is 13.3. The van der Waals surface area contributed by atoms with E-state index in [1.807, 2.05) is 18.2 Å². The Morgan fingerprint density at radius 1 is 0.667 bits per heavy atom. The van der Waals surface area contributed by atoms with E-state index >= 15 is 0 Å². The number of unbranched alkanes of at least 4 members (excludes halogenated alkanes) is 3. The maximum atomic E-state index is 10.5. The summed E-state index contributed by atoms with van der Waals surface area (Å²) in [5, 5.41) is 13.4. The van der Waals surface area contributed by atoms with Gasteiger partial charge in [0.2, 0.25) is 0 Å². The smallest absolute Gasteiger partial charge is 0.122 e. The lowest BCUT2D eigenvalue weighted by Gasteiger charge is -2.28. The number of hydrogen-bond donors (Lipinski definition) is 1. The van der Waals surface area contributed by atoms with E-state index in [1.54, 1.807) is 0 Å². The van der Waals surface area contributed by atoms with Crippen molar-refractivity contribution in [3.8, 4) is 5.75 Å². The Labute approximate surface area is 164 Å². The maximum absolute atomic E-state index is 10.5. The summed E-state index contributed by atoms with van der Waals surface area (Å²) in [5.41, 5.74) is 1.06. The van der Waals surface area contributed by atoms with Gasteiger partial charge in [-0.3, -0.25) is 0 Å². The second kappa shape index (κ2) is 9.72. The van der Waals surface area contributed by atoms with Gasteiger partial charge in [-0.15, -0.1) is 0 Å². The largest absolute Gasteiger partial charge is 0.508 e. The summed E-state index contributed by atoms with van der Waals surface area (Å²) in [6.45, 7) is 2.26. The molecule has 3 aromatic carbocycles. The van der Waals surface area contributed by atoms with Crippen molar-refractivity contribution >= 4 is 17.9 Å². The van der Waals surface area contributed by atoms with Crippen LogP contribution in [0, 0.1) is 0 Å². The van der Waals surface area contributed by atoms with Crippen molar-refractivity contribution in [3.63, 3.8) is 0 Å². The molecule has 0 aliphatic rings. The molecule has 1 N–H and O–H groups in total. The van der Waals surface area contributed by atoms with Gasteiger partial charge in [0.05, 0.1) is 30.2 Å². The second-order valence-corrected chi connectivity index (χ2v) is 10.9. The highest BCUT2D eigenvalue weighted by Gasteiger charge is 2.42. The molecule has 0 unspecified atom stereocenters. The molecule has 140 valence electrons. The fourth-order valence-electron chi connectivity index (χ4n) is 3.84. The molecule has 0 bridgehead atoms. The molecule has 3 rings (SSSR count). The number of aromatic hydroxyl groups is 1. The zero-order valence-corrected chi connectivity index (χ0v) is 17.1. The van der Waals surface area contributed by atoms with E-state index < -0.39 is 7.26 Å². The van der Waals surface area contributed by atoms with Crippen LogP contribution in [0.2, 0.25) is 0 Å². The normalized spacial score (nSPS) is 11.4. The van der Waals surface area contributed by atoms with Gasteiger partial charge in [-0.25, -0.2) is 0 Å². The van der Waals surface area contributed by atoms with Crippen LogP contribution in [0.3, 0.4) is 0 Å². The molecule has 0 fully saturated rings. The van der Waals surface area contributed by atoms with Crippen molar-refractivity contribution in [2.45, 2.75) is 38.8 Å². The van der Waals surface area contributed by atoms with Crippen molar-refractivity contribution in [2.24, 2.45) is 0 Å². The van der Waals surface area contributed by atoms with Crippen molar-refractivity contribution in [1.29, 1.82) is 0 Å². The number of rotatable bonds is 9. The van der Waals surface area contributed by atoms with Crippen LogP contribution in [0.15, 0.2) is 84.9 Å². The highest BCUT2D eigenvalue weighted by Crippen LogP contribution is 2.60. The first kappa shape index (κ1) is 19.6. The molecule has 0 saturated carbocycles. The van der Waals surface area contributed by atoms with Gasteiger partial charge in [0, 0.05) is 5.56 Å². The standard InChI is InChI=1S/C25H29OP/c1-2-3-4-13-20-27(23-15-7-5-8-16-23,24-17-9-6-10-18-24)21-22-14-11-12-19-25(22)26/h5-12,14-19H,2-4,13,20-21H2,1H3/p+1. The van der Waals surface area contributed by atoms with Crippen molar-refractivity contribution in [1.82, 2.24) is 0 Å². The Bertz CT molecular complexity index is 774. The number of phenols is 1. The first-order valence-corrected chi connectivity index (χ1v) is 12.2. The number of para-hydroxylation sites is 1. The molecule has 0 heterocycles. The lowest BCUT2D eigenvalue weighted by Crippen LogP contribution is -2.26. The average molecular weight is 377 g/mol. The Hall–Kier alpha value is -2.11. The summed E-state index contributed by atoms with van der Waals surface area (Å²) in [4.78, 5) is 0. The minimum absolute atomic E-state index is 0.419. The molecular weight excluding hydrogens is 347 g/mol. The van der Waals surface area contributed by atoms with Crippen molar-refractivity contribution < 1.29 is 5.11 Å². The van der Waals surface area contributed by atoms with Crippen molar-refractivity contribution in [2.75, 3.05) is 6.16 Å². The second-order valence-electron chi connectivity index (χ2n) is 7.21. The fraction of sp³-hybridized carbons (Fsp3) is 0.280. The van der Waals surface area contributed by atoms with Crippen LogP contribution < -0.4 is 10.6 Å². The van der Waals surface area contributed by atoms with Gasteiger partial charge >= 0.3 is 0 Å². The van der Waals surface area contributed by atoms with Crippen LogP contribution in [0.25, 0.3) is 0 Å². The Kier molecular flexibility index (Phi) is 7.07. The van der Waals surface area contributed by atoms with Crippen molar-refractivity contribution in [3.05, 3.63) is 90.5 Å². The number of phenolic OH excluding ortho intramolecular Hbond substituents is 1. The van der Waals surface area contributed by atoms with Gasteiger partial charge in [-0.1, -0.05) is 74.4 Å². The van der Waals surface area contributed by atoms with E-state index in [0.29, 0.717) is 5.75 Å².